The smallest absolute Gasteiger partial charge is 0.185 e. The third-order valence-corrected chi connectivity index (χ3v) is 6.23. The van der Waals surface area contributed by atoms with Crippen molar-refractivity contribution in [2.75, 3.05) is 0 Å². The Labute approximate surface area is 180 Å². The van der Waals surface area contributed by atoms with E-state index in [1.807, 2.05) is 6.07 Å². The van der Waals surface area contributed by atoms with Crippen LogP contribution in [0, 0.1) is 5.92 Å². The number of benzene rings is 1. The SMILES string of the molecule is C[C@H]1C[C@H]2N[C@](C)(C/C(=C/c3cnc(-c4ccc(-n5ccnc5)cc4O)nn3)[C@H]2F)C1. The molecule has 0 amide bonds. The summed E-state index contributed by atoms with van der Waals surface area (Å²) < 4.78 is 16.9. The van der Waals surface area contributed by atoms with E-state index in [-0.39, 0.29) is 17.3 Å². The Bertz CT molecular complexity index is 1110. The lowest BCUT2D eigenvalue weighted by atomic mass is 9.70. The maximum Gasteiger partial charge on any atom is 0.185 e. The predicted octanol–water partition coefficient (Wildman–Crippen LogP) is 3.70. The number of phenols is 1. The van der Waals surface area contributed by atoms with Gasteiger partial charge in [-0.2, -0.15) is 0 Å². The van der Waals surface area contributed by atoms with Crippen molar-refractivity contribution >= 4 is 6.08 Å². The number of rotatable bonds is 3. The number of hydrogen-bond acceptors (Lipinski definition) is 6. The normalized spacial score (nSPS) is 29.3. The molecule has 2 aliphatic rings. The summed E-state index contributed by atoms with van der Waals surface area (Å²) in [6.07, 6.45) is 9.96. The number of piperidine rings is 2. The number of nitrogens with one attached hydrogen (secondary N) is 1. The Kier molecular flexibility index (Phi) is 4.81. The molecule has 4 atom stereocenters. The second-order valence-electron chi connectivity index (χ2n) is 9.03. The van der Waals surface area contributed by atoms with Crippen molar-refractivity contribution in [2.24, 2.45) is 5.92 Å². The van der Waals surface area contributed by atoms with Gasteiger partial charge >= 0.3 is 0 Å². The summed E-state index contributed by atoms with van der Waals surface area (Å²) in [5, 5.41) is 22.3. The Hall–Kier alpha value is -3.13. The quantitative estimate of drug-likeness (QED) is 0.672. The van der Waals surface area contributed by atoms with Crippen LogP contribution in [0.1, 0.15) is 38.8 Å². The number of imidazole rings is 1. The minimum Gasteiger partial charge on any atom is -0.507 e. The molecule has 2 aromatic heterocycles. The van der Waals surface area contributed by atoms with Crippen LogP contribution in [-0.4, -0.2) is 47.6 Å². The summed E-state index contributed by atoms with van der Waals surface area (Å²) in [6, 6.07) is 5.06. The highest BCUT2D eigenvalue weighted by Gasteiger charge is 2.45. The Morgan fingerprint density at radius 2 is 2.19 bits per heavy atom. The molecule has 0 radical (unpaired) electrons. The molecular formula is C23H25FN6O. The number of phenolic OH excluding ortho intramolecular Hbond substituents is 1. The van der Waals surface area contributed by atoms with E-state index in [2.05, 4.69) is 39.3 Å². The summed E-state index contributed by atoms with van der Waals surface area (Å²) in [6.45, 7) is 4.36. The summed E-state index contributed by atoms with van der Waals surface area (Å²) >= 11 is 0. The van der Waals surface area contributed by atoms with Crippen molar-refractivity contribution in [3.63, 3.8) is 0 Å². The molecule has 0 unspecified atom stereocenters. The highest BCUT2D eigenvalue weighted by molar-refractivity contribution is 5.66. The van der Waals surface area contributed by atoms with Gasteiger partial charge in [0.15, 0.2) is 5.82 Å². The lowest BCUT2D eigenvalue weighted by molar-refractivity contribution is 0.0936. The van der Waals surface area contributed by atoms with Crippen LogP contribution in [0.2, 0.25) is 0 Å². The first-order chi connectivity index (χ1) is 14.9. The van der Waals surface area contributed by atoms with E-state index in [1.165, 1.54) is 0 Å². The molecule has 7 nitrogen and oxygen atoms in total. The topological polar surface area (TPSA) is 88.8 Å². The number of fused-ring (bicyclic) bond motifs is 2. The fourth-order valence-electron chi connectivity index (χ4n) is 5.05. The van der Waals surface area contributed by atoms with Gasteiger partial charge in [-0.05, 0) is 55.9 Å². The van der Waals surface area contributed by atoms with Crippen molar-refractivity contribution in [1.29, 1.82) is 0 Å². The van der Waals surface area contributed by atoms with E-state index >= 15 is 4.39 Å². The minimum atomic E-state index is -1.03. The number of aromatic nitrogens is 5. The zero-order valence-electron chi connectivity index (χ0n) is 17.5. The van der Waals surface area contributed by atoms with Gasteiger partial charge in [0.25, 0.3) is 0 Å². The monoisotopic (exact) mass is 420 g/mol. The second-order valence-corrected chi connectivity index (χ2v) is 9.03. The van der Waals surface area contributed by atoms with Gasteiger partial charge in [0, 0.05) is 30.0 Å². The van der Waals surface area contributed by atoms with Crippen molar-refractivity contribution in [2.45, 2.75) is 50.9 Å². The zero-order chi connectivity index (χ0) is 21.6. The van der Waals surface area contributed by atoms with Crippen LogP contribution in [-0.2, 0) is 0 Å². The molecule has 5 rings (SSSR count). The Morgan fingerprint density at radius 1 is 1.32 bits per heavy atom. The fourth-order valence-corrected chi connectivity index (χ4v) is 5.05. The van der Waals surface area contributed by atoms with Crippen molar-refractivity contribution in [3.8, 4) is 22.8 Å². The summed E-state index contributed by atoms with van der Waals surface area (Å²) in [7, 11) is 0. The van der Waals surface area contributed by atoms with Crippen molar-refractivity contribution in [1.82, 2.24) is 30.0 Å². The van der Waals surface area contributed by atoms with Gasteiger partial charge in [-0.1, -0.05) is 6.92 Å². The van der Waals surface area contributed by atoms with Crippen molar-refractivity contribution < 1.29 is 9.50 Å². The lowest BCUT2D eigenvalue weighted by Gasteiger charge is -2.49. The summed E-state index contributed by atoms with van der Waals surface area (Å²) in [5.41, 5.74) is 2.44. The third-order valence-electron chi connectivity index (χ3n) is 6.23. The minimum absolute atomic E-state index is 0.0520. The molecule has 2 aliphatic heterocycles. The van der Waals surface area contributed by atoms with Crippen LogP contribution in [0.5, 0.6) is 5.75 Å². The second kappa shape index (κ2) is 7.53. The molecule has 3 aromatic rings. The van der Waals surface area contributed by atoms with Gasteiger partial charge < -0.3 is 15.0 Å². The maximum absolute atomic E-state index is 15.1. The van der Waals surface area contributed by atoms with E-state index in [9.17, 15) is 5.11 Å². The van der Waals surface area contributed by atoms with Gasteiger partial charge in [0.1, 0.15) is 17.6 Å². The van der Waals surface area contributed by atoms with Crippen LogP contribution in [0.3, 0.4) is 0 Å². The van der Waals surface area contributed by atoms with E-state index < -0.39 is 6.17 Å². The van der Waals surface area contributed by atoms with Crippen LogP contribution in [0.4, 0.5) is 4.39 Å². The molecule has 0 saturated carbocycles. The van der Waals surface area contributed by atoms with Crippen LogP contribution in [0.25, 0.3) is 23.2 Å². The standard InChI is InChI=1S/C23H25FN6O/c1-14-7-19-21(24)15(11-23(2,10-14)27-19)8-16-12-26-22(29-28-16)18-4-3-17(9-20(18)31)30-6-5-25-13-30/h3-6,8-9,12-14,19,21,27,31H,7,10-11H2,1-2H3/b15-8-/t14-,19+,21+,23-/m0/s1. The van der Waals surface area contributed by atoms with Crippen LogP contribution < -0.4 is 5.32 Å². The van der Waals surface area contributed by atoms with Crippen LogP contribution >= 0.6 is 0 Å². The highest BCUT2D eigenvalue weighted by atomic mass is 19.1. The number of hydrogen-bond donors (Lipinski definition) is 2. The van der Waals surface area contributed by atoms with Gasteiger partial charge in [0.2, 0.25) is 0 Å². The average molecular weight is 420 g/mol. The molecule has 2 bridgehead atoms. The first-order valence-electron chi connectivity index (χ1n) is 10.5. The Morgan fingerprint density at radius 3 is 2.90 bits per heavy atom. The molecule has 1 aromatic carbocycles. The maximum atomic E-state index is 15.1. The first kappa shape index (κ1) is 19.8. The zero-order valence-corrected chi connectivity index (χ0v) is 17.5. The largest absolute Gasteiger partial charge is 0.507 e. The average Bonchev–Trinajstić information content (AvgIpc) is 3.27. The molecule has 2 N–H and O–H groups in total. The summed E-state index contributed by atoms with van der Waals surface area (Å²) in [4.78, 5) is 8.37. The summed E-state index contributed by atoms with van der Waals surface area (Å²) in [5.74, 6) is 0.886. The number of aromatic hydroxyl groups is 1. The Balaban J connectivity index is 1.38. The van der Waals surface area contributed by atoms with E-state index in [0.717, 1.165) is 24.1 Å². The molecule has 31 heavy (non-hydrogen) atoms. The van der Waals surface area contributed by atoms with Gasteiger partial charge in [-0.25, -0.2) is 14.4 Å². The van der Waals surface area contributed by atoms with Crippen molar-refractivity contribution in [3.05, 3.63) is 54.4 Å². The molecule has 160 valence electrons. The van der Waals surface area contributed by atoms with E-state index in [0.29, 0.717) is 29.4 Å². The van der Waals surface area contributed by atoms with E-state index in [1.54, 1.807) is 47.7 Å². The predicted molar refractivity (Wildman–Crippen MR) is 115 cm³/mol. The van der Waals surface area contributed by atoms with Gasteiger partial charge in [0.05, 0.1) is 23.8 Å². The van der Waals surface area contributed by atoms with Gasteiger partial charge in [-0.3, -0.25) is 0 Å². The molecule has 0 spiro atoms. The molecular weight excluding hydrogens is 395 g/mol. The van der Waals surface area contributed by atoms with Gasteiger partial charge in [-0.15, -0.1) is 10.2 Å². The lowest BCUT2D eigenvalue weighted by Crippen LogP contribution is -2.61. The molecule has 8 heteroatoms. The molecule has 4 heterocycles. The third kappa shape index (κ3) is 3.83. The molecule has 0 aliphatic carbocycles. The first-order valence-corrected chi connectivity index (χ1v) is 10.5. The number of halogens is 1. The molecule has 2 saturated heterocycles. The number of nitrogens with zero attached hydrogens (tertiary/aromatic N) is 5. The van der Waals surface area contributed by atoms with Crippen LogP contribution in [0.15, 0.2) is 48.7 Å². The fraction of sp³-hybridized carbons (Fsp3) is 0.391. The van der Waals surface area contributed by atoms with E-state index in [4.69, 9.17) is 0 Å². The highest BCUT2D eigenvalue weighted by Crippen LogP contribution is 2.41. The molecule has 2 fully saturated rings. The number of alkyl halides is 1.